The minimum atomic E-state index is 0.387. The average molecular weight is 227 g/mol. The maximum Gasteiger partial charge on any atom is 0.0743 e. The fourth-order valence-electron chi connectivity index (χ4n) is 2.85. The molecule has 16 heavy (non-hydrogen) atoms. The van der Waals surface area contributed by atoms with E-state index in [1.165, 1.54) is 32.5 Å². The molecule has 2 N–H and O–H groups in total. The van der Waals surface area contributed by atoms with E-state index in [4.69, 9.17) is 10.5 Å². The van der Waals surface area contributed by atoms with Crippen LogP contribution in [0.25, 0.3) is 0 Å². The first kappa shape index (κ1) is 12.3. The van der Waals surface area contributed by atoms with Crippen molar-refractivity contribution in [3.05, 3.63) is 0 Å². The molecule has 4 heteroatoms. The second kappa shape index (κ2) is 5.96. The van der Waals surface area contributed by atoms with Crippen LogP contribution >= 0.6 is 0 Å². The molecule has 2 unspecified atom stereocenters. The fourth-order valence-corrected chi connectivity index (χ4v) is 2.85. The molecule has 2 aliphatic heterocycles. The molecule has 0 radical (unpaired) electrons. The topological polar surface area (TPSA) is 41.7 Å². The quantitative estimate of drug-likeness (QED) is 0.741. The van der Waals surface area contributed by atoms with Crippen LogP contribution in [0, 0.1) is 0 Å². The number of ether oxygens (including phenoxy) is 1. The van der Waals surface area contributed by atoms with Crippen molar-refractivity contribution in [1.82, 2.24) is 9.80 Å². The summed E-state index contributed by atoms with van der Waals surface area (Å²) < 4.78 is 5.78. The van der Waals surface area contributed by atoms with E-state index in [1.54, 1.807) is 0 Å². The molecule has 2 aliphatic rings. The van der Waals surface area contributed by atoms with Crippen LogP contribution in [-0.2, 0) is 4.74 Å². The molecule has 0 amide bonds. The van der Waals surface area contributed by atoms with Gasteiger partial charge in [-0.25, -0.2) is 0 Å². The van der Waals surface area contributed by atoms with Crippen LogP contribution in [0.2, 0.25) is 0 Å². The van der Waals surface area contributed by atoms with Crippen LogP contribution in [0.1, 0.15) is 19.8 Å². The van der Waals surface area contributed by atoms with Gasteiger partial charge in [0.25, 0.3) is 0 Å². The third kappa shape index (κ3) is 2.74. The largest absolute Gasteiger partial charge is 0.377 e. The van der Waals surface area contributed by atoms with Gasteiger partial charge in [-0.15, -0.1) is 0 Å². The second-order valence-corrected chi connectivity index (χ2v) is 4.82. The average Bonchev–Trinajstić information content (AvgIpc) is 2.85. The first-order valence-corrected chi connectivity index (χ1v) is 6.63. The highest BCUT2D eigenvalue weighted by atomic mass is 16.5. The number of likely N-dealkylation sites (N-methyl/N-ethyl adjacent to an activating group) is 1. The zero-order valence-corrected chi connectivity index (χ0v) is 10.4. The summed E-state index contributed by atoms with van der Waals surface area (Å²) in [5, 5.41) is 0. The summed E-state index contributed by atoms with van der Waals surface area (Å²) in [6.07, 6.45) is 2.78. The van der Waals surface area contributed by atoms with Gasteiger partial charge in [-0.1, -0.05) is 6.92 Å². The molecule has 0 aromatic carbocycles. The molecule has 2 fully saturated rings. The van der Waals surface area contributed by atoms with Crippen molar-refractivity contribution >= 4 is 0 Å². The number of hydrogen-bond acceptors (Lipinski definition) is 4. The van der Waals surface area contributed by atoms with Gasteiger partial charge in [0.2, 0.25) is 0 Å². The van der Waals surface area contributed by atoms with Crippen molar-refractivity contribution in [3.8, 4) is 0 Å². The van der Waals surface area contributed by atoms with Crippen molar-refractivity contribution in [1.29, 1.82) is 0 Å². The number of hydrogen-bond donors (Lipinski definition) is 1. The second-order valence-electron chi connectivity index (χ2n) is 4.82. The normalized spacial score (nSPS) is 30.8. The van der Waals surface area contributed by atoms with E-state index in [0.717, 1.165) is 26.2 Å². The van der Waals surface area contributed by atoms with E-state index in [2.05, 4.69) is 16.7 Å². The van der Waals surface area contributed by atoms with E-state index in [1.807, 2.05) is 0 Å². The van der Waals surface area contributed by atoms with Crippen LogP contribution in [0.15, 0.2) is 0 Å². The monoisotopic (exact) mass is 227 g/mol. The van der Waals surface area contributed by atoms with E-state index in [-0.39, 0.29) is 0 Å². The van der Waals surface area contributed by atoms with Crippen molar-refractivity contribution in [2.45, 2.75) is 31.9 Å². The highest BCUT2D eigenvalue weighted by molar-refractivity contribution is 4.86. The van der Waals surface area contributed by atoms with Crippen molar-refractivity contribution in [2.75, 3.05) is 45.9 Å². The maximum atomic E-state index is 5.92. The van der Waals surface area contributed by atoms with E-state index >= 15 is 0 Å². The van der Waals surface area contributed by atoms with E-state index < -0.39 is 0 Å². The summed E-state index contributed by atoms with van der Waals surface area (Å²) in [6.45, 7) is 9.72. The lowest BCUT2D eigenvalue weighted by Crippen LogP contribution is -2.55. The zero-order chi connectivity index (χ0) is 11.4. The number of nitrogens with two attached hydrogens (primary N) is 1. The molecular formula is C12H25N3O. The van der Waals surface area contributed by atoms with Crippen LogP contribution in [-0.4, -0.2) is 67.8 Å². The fraction of sp³-hybridized carbons (Fsp3) is 1.00. The molecule has 2 heterocycles. The van der Waals surface area contributed by atoms with Crippen molar-refractivity contribution in [2.24, 2.45) is 5.73 Å². The van der Waals surface area contributed by atoms with Gasteiger partial charge < -0.3 is 15.4 Å². The third-order valence-electron chi connectivity index (χ3n) is 3.96. The number of piperazine rings is 1. The van der Waals surface area contributed by atoms with E-state index in [0.29, 0.717) is 12.1 Å². The van der Waals surface area contributed by atoms with Gasteiger partial charge in [-0.2, -0.15) is 0 Å². The van der Waals surface area contributed by atoms with Gasteiger partial charge >= 0.3 is 0 Å². The lowest BCUT2D eigenvalue weighted by molar-refractivity contribution is 0.00663. The predicted molar refractivity (Wildman–Crippen MR) is 65.5 cm³/mol. The Bertz CT molecular complexity index is 198. The minimum absolute atomic E-state index is 0.387. The molecular weight excluding hydrogens is 202 g/mol. The molecule has 0 aromatic rings. The SMILES string of the molecule is CCN1CCN(C(CN)C2CCCO2)CC1. The van der Waals surface area contributed by atoms with Gasteiger partial charge in [0.05, 0.1) is 6.10 Å². The smallest absolute Gasteiger partial charge is 0.0743 e. The van der Waals surface area contributed by atoms with Crippen LogP contribution < -0.4 is 5.73 Å². The van der Waals surface area contributed by atoms with Crippen molar-refractivity contribution in [3.63, 3.8) is 0 Å². The Morgan fingerprint density at radius 3 is 2.56 bits per heavy atom. The Kier molecular flexibility index (Phi) is 4.58. The Hall–Kier alpha value is -0.160. The minimum Gasteiger partial charge on any atom is -0.377 e. The molecule has 4 nitrogen and oxygen atoms in total. The molecule has 2 rings (SSSR count). The summed E-state index contributed by atoms with van der Waals surface area (Å²) in [7, 11) is 0. The molecule has 0 bridgehead atoms. The lowest BCUT2D eigenvalue weighted by Gasteiger charge is -2.40. The molecule has 0 aromatic heterocycles. The number of rotatable bonds is 4. The summed E-state index contributed by atoms with van der Waals surface area (Å²) in [6, 6.07) is 0.446. The molecule has 0 saturated carbocycles. The van der Waals surface area contributed by atoms with Gasteiger partial charge in [0.1, 0.15) is 0 Å². The van der Waals surface area contributed by atoms with Crippen molar-refractivity contribution < 1.29 is 4.74 Å². The zero-order valence-electron chi connectivity index (χ0n) is 10.4. The van der Waals surface area contributed by atoms with E-state index in [9.17, 15) is 0 Å². The maximum absolute atomic E-state index is 5.92. The Labute approximate surface area is 98.7 Å². The van der Waals surface area contributed by atoms with Gasteiger partial charge in [-0.05, 0) is 19.4 Å². The summed E-state index contributed by atoms with van der Waals surface area (Å²) >= 11 is 0. The molecule has 94 valence electrons. The van der Waals surface area contributed by atoms with Gasteiger partial charge in [-0.3, -0.25) is 4.90 Å². The molecule has 0 spiro atoms. The van der Waals surface area contributed by atoms with Gasteiger partial charge in [0, 0.05) is 45.4 Å². The predicted octanol–water partition coefficient (Wildman–Crippen LogP) is 0.130. The summed E-state index contributed by atoms with van der Waals surface area (Å²) in [4.78, 5) is 5.03. The first-order chi connectivity index (χ1) is 7.85. The third-order valence-corrected chi connectivity index (χ3v) is 3.96. The van der Waals surface area contributed by atoms with Crippen LogP contribution in [0.4, 0.5) is 0 Å². The summed E-state index contributed by atoms with van der Waals surface area (Å²) in [5.41, 5.74) is 5.92. The molecule has 2 saturated heterocycles. The Morgan fingerprint density at radius 1 is 1.31 bits per heavy atom. The highest BCUT2D eigenvalue weighted by Crippen LogP contribution is 2.20. The summed E-state index contributed by atoms with van der Waals surface area (Å²) in [5.74, 6) is 0. The van der Waals surface area contributed by atoms with Gasteiger partial charge in [0.15, 0.2) is 0 Å². The standard InChI is InChI=1S/C12H25N3O/c1-2-14-5-7-15(8-6-14)11(10-13)12-4-3-9-16-12/h11-12H,2-10,13H2,1H3. The first-order valence-electron chi connectivity index (χ1n) is 6.63. The van der Waals surface area contributed by atoms with Crippen LogP contribution in [0.3, 0.4) is 0 Å². The molecule has 2 atom stereocenters. The molecule has 0 aliphatic carbocycles. The lowest BCUT2D eigenvalue weighted by atomic mass is 10.1. The highest BCUT2D eigenvalue weighted by Gasteiger charge is 2.31. The number of nitrogens with zero attached hydrogens (tertiary/aromatic N) is 2. The van der Waals surface area contributed by atoms with Crippen LogP contribution in [0.5, 0.6) is 0 Å². The Morgan fingerprint density at radius 2 is 2.06 bits per heavy atom. The Balaban J connectivity index is 1.85.